The van der Waals surface area contributed by atoms with Gasteiger partial charge in [-0.3, -0.25) is 0 Å². The third-order valence-electron chi connectivity index (χ3n) is 4.44. The van der Waals surface area contributed by atoms with Gasteiger partial charge in [0.25, 0.3) is 0 Å². The van der Waals surface area contributed by atoms with Crippen LogP contribution in [0.2, 0.25) is 0 Å². The first-order chi connectivity index (χ1) is 11.9. The van der Waals surface area contributed by atoms with Crippen LogP contribution in [-0.2, 0) is 10.0 Å². The number of hydrogen-bond acceptors (Lipinski definition) is 4. The Morgan fingerprint density at radius 3 is 2.32 bits per heavy atom. The number of halogens is 1. The van der Waals surface area contributed by atoms with Crippen molar-refractivity contribution in [2.45, 2.75) is 11.8 Å². The Kier molecular flexibility index (Phi) is 4.96. The molecule has 25 heavy (non-hydrogen) atoms. The highest BCUT2D eigenvalue weighted by atomic mass is 32.2. The normalized spacial score (nSPS) is 16.0. The Hall–Kier alpha value is -2.12. The quantitative estimate of drug-likeness (QED) is 0.837. The molecule has 3 rings (SSSR count). The molecule has 1 fully saturated rings. The molecule has 0 atom stereocenters. The zero-order valence-corrected chi connectivity index (χ0v) is 15.1. The molecule has 2 aromatic rings. The summed E-state index contributed by atoms with van der Waals surface area (Å²) in [4.78, 5) is 2.13. The predicted molar refractivity (Wildman–Crippen MR) is 95.1 cm³/mol. The Labute approximate surface area is 147 Å². The van der Waals surface area contributed by atoms with Crippen molar-refractivity contribution in [1.82, 2.24) is 4.31 Å². The van der Waals surface area contributed by atoms with Crippen LogP contribution in [0.1, 0.15) is 5.56 Å². The van der Waals surface area contributed by atoms with Crippen LogP contribution in [0.5, 0.6) is 5.75 Å². The summed E-state index contributed by atoms with van der Waals surface area (Å²) in [5, 5.41) is 0. The van der Waals surface area contributed by atoms with Gasteiger partial charge in [0, 0.05) is 26.2 Å². The molecule has 5 nitrogen and oxygen atoms in total. The molecule has 0 aliphatic carbocycles. The van der Waals surface area contributed by atoms with E-state index in [1.165, 1.54) is 10.4 Å². The van der Waals surface area contributed by atoms with Gasteiger partial charge >= 0.3 is 0 Å². The van der Waals surface area contributed by atoms with Crippen LogP contribution in [0.3, 0.4) is 0 Å². The van der Waals surface area contributed by atoms with Crippen LogP contribution >= 0.6 is 0 Å². The molecule has 0 saturated carbocycles. The summed E-state index contributed by atoms with van der Waals surface area (Å²) in [5.74, 6) is 0.368. The lowest BCUT2D eigenvalue weighted by atomic mass is 10.2. The van der Waals surface area contributed by atoms with E-state index in [0.29, 0.717) is 37.6 Å². The van der Waals surface area contributed by atoms with Gasteiger partial charge in [-0.05, 0) is 42.8 Å². The standard InChI is InChI=1S/C18H21FN2O3S/c1-14-13-15(7-8-18(14)24-2)25(22,23)21-11-9-20(10-12-21)17-6-4-3-5-16(17)19/h3-8,13H,9-12H2,1-2H3. The second kappa shape index (κ2) is 7.01. The third-order valence-corrected chi connectivity index (χ3v) is 6.33. The van der Waals surface area contributed by atoms with Crippen LogP contribution in [0.4, 0.5) is 10.1 Å². The number of nitrogens with zero attached hydrogens (tertiary/aromatic N) is 2. The first-order valence-corrected chi connectivity index (χ1v) is 9.52. The van der Waals surface area contributed by atoms with Crippen LogP contribution in [0.25, 0.3) is 0 Å². The first kappa shape index (κ1) is 17.7. The summed E-state index contributed by atoms with van der Waals surface area (Å²) in [6.07, 6.45) is 0. The number of hydrogen-bond donors (Lipinski definition) is 0. The lowest BCUT2D eigenvalue weighted by molar-refractivity contribution is 0.383. The van der Waals surface area contributed by atoms with Gasteiger partial charge in [0.15, 0.2) is 0 Å². The molecule has 0 spiro atoms. The molecule has 1 aliphatic heterocycles. The summed E-state index contributed by atoms with van der Waals surface area (Å²) in [6, 6.07) is 11.4. The smallest absolute Gasteiger partial charge is 0.243 e. The molecular weight excluding hydrogens is 343 g/mol. The van der Waals surface area contributed by atoms with Gasteiger partial charge in [0.1, 0.15) is 11.6 Å². The van der Waals surface area contributed by atoms with Crippen molar-refractivity contribution in [1.29, 1.82) is 0 Å². The van der Waals surface area contributed by atoms with E-state index < -0.39 is 10.0 Å². The maximum absolute atomic E-state index is 13.9. The predicted octanol–water partition coefficient (Wildman–Crippen LogP) is 2.65. The van der Waals surface area contributed by atoms with Crippen molar-refractivity contribution in [3.63, 3.8) is 0 Å². The number of sulfonamides is 1. The minimum absolute atomic E-state index is 0.255. The highest BCUT2D eigenvalue weighted by Crippen LogP contribution is 2.26. The highest BCUT2D eigenvalue weighted by molar-refractivity contribution is 7.89. The Morgan fingerprint density at radius 1 is 1.04 bits per heavy atom. The fourth-order valence-corrected chi connectivity index (χ4v) is 4.55. The second-order valence-electron chi connectivity index (χ2n) is 5.97. The summed E-state index contributed by atoms with van der Waals surface area (Å²) < 4.78 is 46.2. The van der Waals surface area contributed by atoms with Gasteiger partial charge in [0.2, 0.25) is 10.0 Å². The maximum Gasteiger partial charge on any atom is 0.243 e. The largest absolute Gasteiger partial charge is 0.496 e. The van der Waals surface area contributed by atoms with E-state index in [1.807, 2.05) is 11.8 Å². The number of methoxy groups -OCH3 is 1. The van der Waals surface area contributed by atoms with Gasteiger partial charge in [-0.25, -0.2) is 12.8 Å². The third kappa shape index (κ3) is 3.48. The lowest BCUT2D eigenvalue weighted by Gasteiger charge is -2.35. The molecule has 1 saturated heterocycles. The van der Waals surface area contributed by atoms with Crippen molar-refractivity contribution >= 4 is 15.7 Å². The summed E-state index contributed by atoms with van der Waals surface area (Å²) >= 11 is 0. The van der Waals surface area contributed by atoms with E-state index in [4.69, 9.17) is 4.74 Å². The molecule has 1 aliphatic rings. The molecule has 1 heterocycles. The Balaban J connectivity index is 1.76. The number of benzene rings is 2. The van der Waals surface area contributed by atoms with E-state index in [0.717, 1.165) is 5.56 Å². The molecule has 0 aromatic heterocycles. The average Bonchev–Trinajstić information content (AvgIpc) is 2.62. The zero-order valence-electron chi connectivity index (χ0n) is 14.3. The SMILES string of the molecule is COc1ccc(S(=O)(=O)N2CCN(c3ccccc3F)CC2)cc1C. The van der Waals surface area contributed by atoms with Crippen LogP contribution < -0.4 is 9.64 Å². The van der Waals surface area contributed by atoms with Gasteiger partial charge in [-0.2, -0.15) is 4.31 Å². The van der Waals surface area contributed by atoms with E-state index >= 15 is 0 Å². The van der Waals surface area contributed by atoms with Crippen LogP contribution in [-0.4, -0.2) is 46.0 Å². The molecule has 0 amide bonds. The maximum atomic E-state index is 13.9. The molecular formula is C18H21FN2O3S. The lowest BCUT2D eigenvalue weighted by Crippen LogP contribution is -2.48. The van der Waals surface area contributed by atoms with E-state index in [9.17, 15) is 12.8 Å². The van der Waals surface area contributed by atoms with Crippen LogP contribution in [0, 0.1) is 12.7 Å². The second-order valence-corrected chi connectivity index (χ2v) is 7.91. The zero-order chi connectivity index (χ0) is 18.0. The van der Waals surface area contributed by atoms with Gasteiger partial charge < -0.3 is 9.64 Å². The molecule has 7 heteroatoms. The molecule has 0 bridgehead atoms. The fourth-order valence-electron chi connectivity index (χ4n) is 3.04. The number of para-hydroxylation sites is 1. The van der Waals surface area contributed by atoms with Crippen molar-refractivity contribution in [3.05, 3.63) is 53.8 Å². The molecule has 0 unspecified atom stereocenters. The van der Waals surface area contributed by atoms with Gasteiger partial charge in [-0.1, -0.05) is 12.1 Å². The van der Waals surface area contributed by atoms with Crippen molar-refractivity contribution in [2.75, 3.05) is 38.2 Å². The number of ether oxygens (including phenoxy) is 1. The Bertz CT molecular complexity index is 862. The first-order valence-electron chi connectivity index (χ1n) is 8.08. The molecule has 0 N–H and O–H groups in total. The number of piperazine rings is 1. The fraction of sp³-hybridized carbons (Fsp3) is 0.333. The monoisotopic (exact) mass is 364 g/mol. The number of aryl methyl sites for hydroxylation is 1. The highest BCUT2D eigenvalue weighted by Gasteiger charge is 2.29. The summed E-state index contributed by atoms with van der Waals surface area (Å²) in [5.41, 5.74) is 1.29. The summed E-state index contributed by atoms with van der Waals surface area (Å²) in [6.45, 7) is 3.36. The van der Waals surface area contributed by atoms with E-state index in [2.05, 4.69) is 0 Å². The van der Waals surface area contributed by atoms with Gasteiger partial charge in [0.05, 0.1) is 17.7 Å². The number of anilines is 1. The minimum atomic E-state index is -3.57. The minimum Gasteiger partial charge on any atom is -0.496 e. The van der Waals surface area contributed by atoms with Crippen molar-refractivity contribution < 1.29 is 17.5 Å². The van der Waals surface area contributed by atoms with Crippen molar-refractivity contribution in [2.24, 2.45) is 0 Å². The topological polar surface area (TPSA) is 49.9 Å². The van der Waals surface area contributed by atoms with E-state index in [-0.39, 0.29) is 10.7 Å². The molecule has 2 aromatic carbocycles. The average molecular weight is 364 g/mol. The number of rotatable bonds is 4. The van der Waals surface area contributed by atoms with Crippen molar-refractivity contribution in [3.8, 4) is 5.75 Å². The molecule has 134 valence electrons. The van der Waals surface area contributed by atoms with E-state index in [1.54, 1.807) is 43.5 Å². The summed E-state index contributed by atoms with van der Waals surface area (Å²) in [7, 11) is -2.01. The Morgan fingerprint density at radius 2 is 1.72 bits per heavy atom. The molecule has 0 radical (unpaired) electrons. The van der Waals surface area contributed by atoms with Gasteiger partial charge in [-0.15, -0.1) is 0 Å². The van der Waals surface area contributed by atoms with Crippen LogP contribution in [0.15, 0.2) is 47.4 Å².